The molecule has 0 spiro atoms. The van der Waals surface area contributed by atoms with Crippen molar-refractivity contribution in [2.45, 2.75) is 42.7 Å². The molecule has 0 aliphatic heterocycles. The fourth-order valence-electron chi connectivity index (χ4n) is 3.68. The Labute approximate surface area is 152 Å². The second-order valence-electron chi connectivity index (χ2n) is 6.65. The molecule has 1 fully saturated rings. The number of imidazole rings is 1. The summed E-state index contributed by atoms with van der Waals surface area (Å²) in [7, 11) is -2.16. The van der Waals surface area contributed by atoms with Crippen LogP contribution in [-0.2, 0) is 27.1 Å². The summed E-state index contributed by atoms with van der Waals surface area (Å²) in [6.45, 7) is 0. The minimum atomic E-state index is -3.77. The van der Waals surface area contributed by atoms with Gasteiger partial charge in [-0.2, -0.15) is 0 Å². The molecule has 1 aromatic carbocycles. The molecule has 1 aromatic heterocycles. The Bertz CT molecular complexity index is 866. The first-order valence-corrected chi connectivity index (χ1v) is 10.4. The molecule has 25 heavy (non-hydrogen) atoms. The molecule has 5 nitrogen and oxygen atoms in total. The van der Waals surface area contributed by atoms with Gasteiger partial charge >= 0.3 is 0 Å². The maximum Gasteiger partial charge on any atom is 0.227 e. The van der Waals surface area contributed by atoms with Crippen LogP contribution in [0.25, 0.3) is 0 Å². The van der Waals surface area contributed by atoms with E-state index in [1.165, 1.54) is 10.8 Å². The average Bonchev–Trinajstić information content (AvgIpc) is 3.03. The van der Waals surface area contributed by atoms with Crippen molar-refractivity contribution in [1.82, 2.24) is 9.55 Å². The molecule has 134 valence electrons. The molecule has 1 saturated carbocycles. The largest absolute Gasteiger partial charge is 0.325 e. The number of rotatable bonds is 5. The van der Waals surface area contributed by atoms with Crippen molar-refractivity contribution in [2.75, 3.05) is 5.75 Å². The first kappa shape index (κ1) is 18.1. The highest BCUT2D eigenvalue weighted by molar-refractivity contribution is 7.92. The molecule has 0 saturated heterocycles. The van der Waals surface area contributed by atoms with Crippen LogP contribution in [0.1, 0.15) is 37.7 Å². The van der Waals surface area contributed by atoms with Crippen LogP contribution in [0.2, 0.25) is 5.02 Å². The van der Waals surface area contributed by atoms with Crippen molar-refractivity contribution in [3.8, 4) is 0 Å². The van der Waals surface area contributed by atoms with E-state index in [2.05, 4.69) is 4.98 Å². The average molecular weight is 381 g/mol. The van der Waals surface area contributed by atoms with Gasteiger partial charge < -0.3 is 4.57 Å². The minimum absolute atomic E-state index is 0.0667. The molecule has 0 unspecified atom stereocenters. The van der Waals surface area contributed by atoms with Crippen LogP contribution in [0.4, 0.5) is 0 Å². The molecule has 3 rings (SSSR count). The van der Waals surface area contributed by atoms with E-state index < -0.39 is 21.0 Å². The number of hydrogen-bond donors (Lipinski definition) is 0. The molecule has 0 N–H and O–H groups in total. The highest BCUT2D eigenvalue weighted by Gasteiger charge is 2.43. The normalized spacial score (nSPS) is 17.4. The van der Waals surface area contributed by atoms with Crippen molar-refractivity contribution in [1.29, 1.82) is 0 Å². The quantitative estimate of drug-likeness (QED) is 0.797. The Morgan fingerprint density at radius 3 is 2.40 bits per heavy atom. The summed E-state index contributed by atoms with van der Waals surface area (Å²) in [5.41, 5.74) is 0.109. The molecule has 0 bridgehead atoms. The van der Waals surface area contributed by atoms with E-state index in [9.17, 15) is 13.2 Å². The number of benzene rings is 1. The van der Waals surface area contributed by atoms with E-state index in [0.717, 1.165) is 24.8 Å². The number of hydrogen-bond acceptors (Lipinski definition) is 4. The molecular formula is C18H21ClN2O3S. The lowest BCUT2D eigenvalue weighted by Gasteiger charge is -2.36. The highest BCUT2D eigenvalue weighted by atomic mass is 35.5. The fraction of sp³-hybridized carbons (Fsp3) is 0.444. The second-order valence-corrected chi connectivity index (χ2v) is 8.97. The van der Waals surface area contributed by atoms with Crippen LogP contribution < -0.4 is 0 Å². The molecule has 0 amide bonds. The van der Waals surface area contributed by atoms with Crippen molar-refractivity contribution in [2.24, 2.45) is 7.05 Å². The van der Waals surface area contributed by atoms with Gasteiger partial charge in [-0.05, 0) is 30.5 Å². The van der Waals surface area contributed by atoms with E-state index >= 15 is 0 Å². The summed E-state index contributed by atoms with van der Waals surface area (Å²) in [4.78, 5) is 17.1. The molecule has 1 aliphatic rings. The lowest BCUT2D eigenvalue weighted by atomic mass is 9.67. The van der Waals surface area contributed by atoms with E-state index in [1.54, 1.807) is 25.4 Å². The maximum atomic E-state index is 13.2. The van der Waals surface area contributed by atoms with E-state index in [4.69, 9.17) is 11.6 Å². The van der Waals surface area contributed by atoms with Crippen molar-refractivity contribution in [3.63, 3.8) is 0 Å². The summed E-state index contributed by atoms with van der Waals surface area (Å²) in [6.07, 6.45) is 7.22. The van der Waals surface area contributed by atoms with Crippen LogP contribution in [0.15, 0.2) is 41.8 Å². The van der Waals surface area contributed by atoms with Gasteiger partial charge in [0.25, 0.3) is 0 Å². The maximum absolute atomic E-state index is 13.2. The third kappa shape index (κ3) is 3.51. The molecule has 0 atom stereocenters. The van der Waals surface area contributed by atoms with Gasteiger partial charge in [0, 0.05) is 24.5 Å². The van der Waals surface area contributed by atoms with Gasteiger partial charge in [0.1, 0.15) is 5.75 Å². The highest BCUT2D eigenvalue weighted by Crippen LogP contribution is 2.41. The number of carbonyl (C=O) groups is 1. The van der Waals surface area contributed by atoms with Crippen LogP contribution in [0.5, 0.6) is 0 Å². The lowest BCUT2D eigenvalue weighted by Crippen LogP contribution is -2.41. The van der Waals surface area contributed by atoms with Crippen LogP contribution >= 0.6 is 11.6 Å². The van der Waals surface area contributed by atoms with Gasteiger partial charge in [-0.3, -0.25) is 4.79 Å². The number of aryl methyl sites for hydroxylation is 1. The number of aromatic nitrogens is 2. The third-order valence-electron chi connectivity index (χ3n) is 5.01. The zero-order chi connectivity index (χ0) is 18.1. The van der Waals surface area contributed by atoms with Crippen molar-refractivity contribution in [3.05, 3.63) is 47.2 Å². The van der Waals surface area contributed by atoms with Crippen molar-refractivity contribution >= 4 is 27.2 Å². The molecule has 1 heterocycles. The Hall–Kier alpha value is -1.66. The Morgan fingerprint density at radius 1 is 1.20 bits per heavy atom. The van der Waals surface area contributed by atoms with E-state index in [0.29, 0.717) is 17.9 Å². The number of ketones is 1. The Kier molecular flexibility index (Phi) is 5.02. The summed E-state index contributed by atoms with van der Waals surface area (Å²) >= 11 is 5.98. The van der Waals surface area contributed by atoms with Gasteiger partial charge in [-0.25, -0.2) is 13.4 Å². The topological polar surface area (TPSA) is 69.0 Å². The first-order valence-electron chi connectivity index (χ1n) is 8.35. The van der Waals surface area contributed by atoms with Gasteiger partial charge in [-0.15, -0.1) is 0 Å². The monoisotopic (exact) mass is 380 g/mol. The van der Waals surface area contributed by atoms with Crippen LogP contribution in [0.3, 0.4) is 0 Å². The smallest absolute Gasteiger partial charge is 0.227 e. The number of nitrogens with zero attached hydrogens (tertiary/aromatic N) is 2. The standard InChI is InChI=1S/C18H21ClN2O3S/c1-21-12-11-20-17(21)25(23,24)13-16(22)18(9-3-2-4-10-18)14-5-7-15(19)8-6-14/h5-8,11-12H,2-4,9-10,13H2,1H3. The zero-order valence-electron chi connectivity index (χ0n) is 14.1. The predicted molar refractivity (Wildman–Crippen MR) is 96.5 cm³/mol. The summed E-state index contributed by atoms with van der Waals surface area (Å²) < 4.78 is 26.8. The second kappa shape index (κ2) is 6.92. The Morgan fingerprint density at radius 2 is 1.84 bits per heavy atom. The fourth-order valence-corrected chi connectivity index (χ4v) is 5.28. The molecule has 2 aromatic rings. The zero-order valence-corrected chi connectivity index (χ0v) is 15.7. The predicted octanol–water partition coefficient (Wildman–Crippen LogP) is 3.32. The molecule has 7 heteroatoms. The molecular weight excluding hydrogens is 360 g/mol. The SMILES string of the molecule is Cn1ccnc1S(=O)(=O)CC(=O)C1(c2ccc(Cl)cc2)CCCCC1. The number of carbonyl (C=O) groups excluding carboxylic acids is 1. The number of Topliss-reactive ketones (excluding diaryl/α,β-unsaturated/α-hetero) is 1. The first-order chi connectivity index (χ1) is 11.8. The molecule has 1 aliphatic carbocycles. The Balaban J connectivity index is 1.95. The summed E-state index contributed by atoms with van der Waals surface area (Å²) in [6, 6.07) is 7.21. The van der Waals surface area contributed by atoms with Gasteiger partial charge in [0.15, 0.2) is 5.78 Å². The minimum Gasteiger partial charge on any atom is -0.325 e. The van der Waals surface area contributed by atoms with Crippen molar-refractivity contribution < 1.29 is 13.2 Å². The summed E-state index contributed by atoms with van der Waals surface area (Å²) in [5, 5.41) is 0.533. The summed E-state index contributed by atoms with van der Waals surface area (Å²) in [5.74, 6) is -0.780. The van der Waals surface area contributed by atoms with E-state index in [-0.39, 0.29) is 10.9 Å². The lowest BCUT2D eigenvalue weighted by molar-refractivity contribution is -0.123. The van der Waals surface area contributed by atoms with Gasteiger partial charge in [-0.1, -0.05) is 43.0 Å². The van der Waals surface area contributed by atoms with E-state index in [1.807, 2.05) is 12.1 Å². The third-order valence-corrected chi connectivity index (χ3v) is 6.86. The van der Waals surface area contributed by atoms with Gasteiger partial charge in [0.05, 0.1) is 5.41 Å². The van der Waals surface area contributed by atoms with Crippen LogP contribution in [0, 0.1) is 0 Å². The number of sulfone groups is 1. The van der Waals surface area contributed by atoms with Gasteiger partial charge in [0.2, 0.25) is 15.0 Å². The van der Waals surface area contributed by atoms with Crippen LogP contribution in [-0.4, -0.2) is 29.5 Å². The molecule has 0 radical (unpaired) electrons. The number of halogens is 1.